The van der Waals surface area contributed by atoms with Gasteiger partial charge in [-0.05, 0) is 73.0 Å². The zero-order chi connectivity index (χ0) is 19.3. The lowest BCUT2D eigenvalue weighted by molar-refractivity contribution is -0.138. The van der Waals surface area contributed by atoms with Gasteiger partial charge < -0.3 is 9.88 Å². The molecule has 1 N–H and O–H groups in total. The van der Waals surface area contributed by atoms with Crippen molar-refractivity contribution < 1.29 is 4.79 Å². The molecule has 5 rings (SSSR count). The van der Waals surface area contributed by atoms with Crippen molar-refractivity contribution in [2.45, 2.75) is 83.1 Å². The van der Waals surface area contributed by atoms with Crippen LogP contribution in [0.2, 0.25) is 0 Å². The molecule has 0 aromatic carbocycles. The Bertz CT molecular complexity index is 868. The average Bonchev–Trinajstić information content (AvgIpc) is 3.45. The van der Waals surface area contributed by atoms with Gasteiger partial charge in [-0.25, -0.2) is 4.98 Å². The van der Waals surface area contributed by atoms with Gasteiger partial charge >= 0.3 is 0 Å². The minimum absolute atomic E-state index is 0.226. The summed E-state index contributed by atoms with van der Waals surface area (Å²) in [6, 6.07) is 2.67. The second-order valence-corrected chi connectivity index (χ2v) is 9.62. The number of pyridine rings is 1. The van der Waals surface area contributed by atoms with Crippen molar-refractivity contribution in [3.63, 3.8) is 0 Å². The van der Waals surface area contributed by atoms with Crippen LogP contribution in [0.4, 0.5) is 0 Å². The highest BCUT2D eigenvalue weighted by molar-refractivity contribution is 5.86. The highest BCUT2D eigenvalue weighted by atomic mass is 16.2. The van der Waals surface area contributed by atoms with Crippen LogP contribution in [0.5, 0.6) is 0 Å². The fraction of sp³-hybridized carbons (Fsp3) is 0.667. The number of hydrogen-bond acceptors (Lipinski definition) is 2. The fourth-order valence-corrected chi connectivity index (χ4v) is 6.01. The molecule has 2 aromatic heterocycles. The first-order valence-electron chi connectivity index (χ1n) is 11.4. The Labute approximate surface area is 168 Å². The molecular weight excluding hydrogens is 346 g/mol. The van der Waals surface area contributed by atoms with Crippen LogP contribution in [-0.4, -0.2) is 33.4 Å². The average molecular weight is 380 g/mol. The summed E-state index contributed by atoms with van der Waals surface area (Å²) in [5, 5.41) is 1.29. The Morgan fingerprint density at radius 2 is 2.11 bits per heavy atom. The Hall–Kier alpha value is -1.84. The summed E-state index contributed by atoms with van der Waals surface area (Å²) >= 11 is 0. The third kappa shape index (κ3) is 3.15. The molecule has 3 fully saturated rings. The normalized spacial score (nSPS) is 28.9. The number of hydrogen-bond donors (Lipinski definition) is 1. The first kappa shape index (κ1) is 18.2. The minimum atomic E-state index is 0.226. The standard InChI is InChI=1S/C24H33N3O/c1-15-5-3-7-21-18(15)6-4-12-27(21)22(28)13-16(2)20-14-26-24-23(20)19(10-11-25-24)17-8-9-17/h10-11,14-18,21H,3-9,12-13H2,1-2H3,(H,25,26). The first-order chi connectivity index (χ1) is 13.6. The predicted octanol–water partition coefficient (Wildman–Crippen LogP) is 5.36. The van der Waals surface area contributed by atoms with E-state index in [1.165, 1.54) is 61.5 Å². The van der Waals surface area contributed by atoms with Crippen molar-refractivity contribution in [1.29, 1.82) is 0 Å². The van der Waals surface area contributed by atoms with Crippen LogP contribution in [0.1, 0.15) is 88.2 Å². The molecule has 0 spiro atoms. The molecule has 150 valence electrons. The van der Waals surface area contributed by atoms with Crippen LogP contribution >= 0.6 is 0 Å². The number of carbonyl (C=O) groups excluding carboxylic acids is 1. The number of likely N-dealkylation sites (tertiary alicyclic amines) is 1. The van der Waals surface area contributed by atoms with Crippen LogP contribution in [-0.2, 0) is 4.79 Å². The Balaban J connectivity index is 1.36. The maximum absolute atomic E-state index is 13.3. The zero-order valence-corrected chi connectivity index (χ0v) is 17.3. The van der Waals surface area contributed by atoms with Gasteiger partial charge in [-0.3, -0.25) is 4.79 Å². The number of aromatic amines is 1. The molecule has 3 heterocycles. The van der Waals surface area contributed by atoms with E-state index in [1.807, 2.05) is 6.20 Å². The van der Waals surface area contributed by atoms with E-state index < -0.39 is 0 Å². The summed E-state index contributed by atoms with van der Waals surface area (Å²) in [4.78, 5) is 23.5. The van der Waals surface area contributed by atoms with E-state index in [1.54, 1.807) is 0 Å². The molecule has 2 aromatic rings. The van der Waals surface area contributed by atoms with Gasteiger partial charge in [0.15, 0.2) is 0 Å². The number of aromatic nitrogens is 2. The molecule has 28 heavy (non-hydrogen) atoms. The molecule has 1 saturated heterocycles. The predicted molar refractivity (Wildman–Crippen MR) is 112 cm³/mol. The number of rotatable bonds is 4. The number of fused-ring (bicyclic) bond motifs is 2. The SMILES string of the molecule is CC(CC(=O)N1CCCC2C(C)CCCC21)c1c[nH]c2nccc(C3CC3)c12. The van der Waals surface area contributed by atoms with Gasteiger partial charge in [0.05, 0.1) is 0 Å². The topological polar surface area (TPSA) is 49.0 Å². The molecule has 2 saturated carbocycles. The maximum atomic E-state index is 13.3. The summed E-state index contributed by atoms with van der Waals surface area (Å²) in [6.07, 6.45) is 13.5. The first-order valence-corrected chi connectivity index (χ1v) is 11.4. The van der Waals surface area contributed by atoms with Crippen LogP contribution in [0.3, 0.4) is 0 Å². The molecule has 2 aliphatic carbocycles. The highest BCUT2D eigenvalue weighted by Crippen LogP contribution is 2.45. The third-order valence-corrected chi connectivity index (χ3v) is 7.71. The highest BCUT2D eigenvalue weighted by Gasteiger charge is 2.39. The lowest BCUT2D eigenvalue weighted by Crippen LogP contribution is -2.51. The molecular formula is C24H33N3O. The van der Waals surface area contributed by atoms with Crippen molar-refractivity contribution in [2.24, 2.45) is 11.8 Å². The molecule has 1 aliphatic heterocycles. The lowest BCUT2D eigenvalue weighted by atomic mass is 9.72. The number of carbonyl (C=O) groups is 1. The van der Waals surface area contributed by atoms with Gasteiger partial charge in [0.1, 0.15) is 5.65 Å². The fourth-order valence-electron chi connectivity index (χ4n) is 6.01. The van der Waals surface area contributed by atoms with Crippen LogP contribution in [0.15, 0.2) is 18.5 Å². The number of nitrogens with zero attached hydrogens (tertiary/aromatic N) is 2. The van der Waals surface area contributed by atoms with Crippen molar-refractivity contribution in [3.05, 3.63) is 29.6 Å². The van der Waals surface area contributed by atoms with Gasteiger partial charge in [-0.2, -0.15) is 0 Å². The van der Waals surface area contributed by atoms with Crippen molar-refractivity contribution in [3.8, 4) is 0 Å². The minimum Gasteiger partial charge on any atom is -0.346 e. The number of piperidine rings is 1. The van der Waals surface area contributed by atoms with Crippen molar-refractivity contribution >= 4 is 16.9 Å². The van der Waals surface area contributed by atoms with E-state index >= 15 is 0 Å². The molecule has 3 aliphatic rings. The summed E-state index contributed by atoms with van der Waals surface area (Å²) in [5.74, 6) is 2.77. The Morgan fingerprint density at radius 3 is 2.93 bits per heavy atom. The van der Waals surface area contributed by atoms with E-state index in [-0.39, 0.29) is 5.92 Å². The van der Waals surface area contributed by atoms with E-state index in [9.17, 15) is 4.79 Å². The molecule has 4 atom stereocenters. The van der Waals surface area contributed by atoms with Crippen molar-refractivity contribution in [2.75, 3.05) is 6.54 Å². The quantitative estimate of drug-likeness (QED) is 0.777. The lowest BCUT2D eigenvalue weighted by Gasteiger charge is -2.47. The van der Waals surface area contributed by atoms with Gasteiger partial charge in [-0.1, -0.05) is 26.7 Å². The molecule has 4 nitrogen and oxygen atoms in total. The van der Waals surface area contributed by atoms with Gasteiger partial charge in [0.25, 0.3) is 0 Å². The summed E-state index contributed by atoms with van der Waals surface area (Å²) < 4.78 is 0. The van der Waals surface area contributed by atoms with Crippen LogP contribution in [0, 0.1) is 11.8 Å². The van der Waals surface area contributed by atoms with E-state index in [0.29, 0.717) is 24.3 Å². The van der Waals surface area contributed by atoms with Crippen molar-refractivity contribution in [1.82, 2.24) is 14.9 Å². The van der Waals surface area contributed by atoms with Crippen LogP contribution < -0.4 is 0 Å². The largest absolute Gasteiger partial charge is 0.346 e. The van der Waals surface area contributed by atoms with E-state index in [4.69, 9.17) is 0 Å². The van der Waals surface area contributed by atoms with E-state index in [0.717, 1.165) is 24.0 Å². The zero-order valence-electron chi connectivity index (χ0n) is 17.3. The van der Waals surface area contributed by atoms with E-state index in [2.05, 4.69) is 41.0 Å². The molecule has 0 radical (unpaired) electrons. The third-order valence-electron chi connectivity index (χ3n) is 7.71. The summed E-state index contributed by atoms with van der Waals surface area (Å²) in [6.45, 7) is 5.57. The molecule has 0 bridgehead atoms. The maximum Gasteiger partial charge on any atom is 0.223 e. The summed E-state index contributed by atoms with van der Waals surface area (Å²) in [5.41, 5.74) is 3.70. The molecule has 1 amide bonds. The second kappa shape index (κ2) is 7.20. The Morgan fingerprint density at radius 1 is 1.25 bits per heavy atom. The number of amides is 1. The molecule has 4 unspecified atom stereocenters. The number of nitrogens with one attached hydrogen (secondary N) is 1. The van der Waals surface area contributed by atoms with Gasteiger partial charge in [0.2, 0.25) is 5.91 Å². The summed E-state index contributed by atoms with van der Waals surface area (Å²) in [7, 11) is 0. The second-order valence-electron chi connectivity index (χ2n) is 9.62. The Kier molecular flexibility index (Phi) is 4.68. The van der Waals surface area contributed by atoms with Gasteiger partial charge in [-0.15, -0.1) is 0 Å². The van der Waals surface area contributed by atoms with Crippen LogP contribution in [0.25, 0.3) is 11.0 Å². The van der Waals surface area contributed by atoms with Gasteiger partial charge in [0, 0.05) is 36.8 Å². The molecule has 4 heteroatoms. The number of H-pyrrole nitrogens is 1. The smallest absolute Gasteiger partial charge is 0.223 e. The monoisotopic (exact) mass is 379 g/mol.